The van der Waals surface area contributed by atoms with E-state index in [-0.39, 0.29) is 31.0 Å². The van der Waals surface area contributed by atoms with Crippen LogP contribution in [0.4, 0.5) is 5.69 Å². The van der Waals surface area contributed by atoms with Crippen molar-refractivity contribution in [3.05, 3.63) is 54.0 Å². The number of amides is 2. The molecular weight excluding hydrogens is 334 g/mol. The SMILES string of the molecule is O=C(CN1CCC(O)CC1)Nc1ccccc1C(=O)NCc1ccco1. The van der Waals surface area contributed by atoms with Gasteiger partial charge in [0.15, 0.2) is 0 Å². The van der Waals surface area contributed by atoms with E-state index in [1.807, 2.05) is 4.90 Å². The lowest BCUT2D eigenvalue weighted by Crippen LogP contribution is -2.40. The number of nitrogens with zero attached hydrogens (tertiary/aromatic N) is 1. The van der Waals surface area contributed by atoms with Gasteiger partial charge in [-0.3, -0.25) is 14.5 Å². The van der Waals surface area contributed by atoms with Gasteiger partial charge in [0.1, 0.15) is 5.76 Å². The fourth-order valence-corrected chi connectivity index (χ4v) is 2.94. The van der Waals surface area contributed by atoms with E-state index >= 15 is 0 Å². The highest BCUT2D eigenvalue weighted by molar-refractivity contribution is 6.04. The molecule has 0 saturated carbocycles. The van der Waals surface area contributed by atoms with Crippen molar-refractivity contribution in [3.8, 4) is 0 Å². The predicted octanol–water partition coefficient (Wildman–Crippen LogP) is 1.60. The van der Waals surface area contributed by atoms with Gasteiger partial charge in [0.2, 0.25) is 5.91 Å². The molecule has 2 amide bonds. The van der Waals surface area contributed by atoms with Gasteiger partial charge in [0, 0.05) is 13.1 Å². The normalized spacial score (nSPS) is 15.6. The number of carbonyl (C=O) groups excluding carboxylic acids is 2. The summed E-state index contributed by atoms with van der Waals surface area (Å²) < 4.78 is 5.20. The van der Waals surface area contributed by atoms with Crippen molar-refractivity contribution >= 4 is 17.5 Å². The van der Waals surface area contributed by atoms with Crippen molar-refractivity contribution in [1.82, 2.24) is 10.2 Å². The molecule has 0 spiro atoms. The van der Waals surface area contributed by atoms with Gasteiger partial charge in [-0.25, -0.2) is 0 Å². The van der Waals surface area contributed by atoms with Crippen LogP contribution in [0.1, 0.15) is 29.0 Å². The number of piperidine rings is 1. The number of furan rings is 1. The van der Waals surface area contributed by atoms with E-state index in [2.05, 4.69) is 10.6 Å². The van der Waals surface area contributed by atoms with E-state index in [4.69, 9.17) is 4.42 Å². The Bertz CT molecular complexity index is 737. The number of hydrogen-bond donors (Lipinski definition) is 3. The highest BCUT2D eigenvalue weighted by Gasteiger charge is 2.20. The number of anilines is 1. The van der Waals surface area contributed by atoms with E-state index in [9.17, 15) is 14.7 Å². The van der Waals surface area contributed by atoms with E-state index in [0.717, 1.165) is 0 Å². The third-order valence-electron chi connectivity index (χ3n) is 4.37. The molecule has 0 atom stereocenters. The lowest BCUT2D eigenvalue weighted by atomic mass is 10.1. The zero-order chi connectivity index (χ0) is 18.4. The van der Waals surface area contributed by atoms with E-state index in [1.54, 1.807) is 42.7 Å². The first-order chi connectivity index (χ1) is 12.6. The van der Waals surface area contributed by atoms with Gasteiger partial charge in [-0.1, -0.05) is 12.1 Å². The van der Waals surface area contributed by atoms with Gasteiger partial charge in [-0.15, -0.1) is 0 Å². The van der Waals surface area contributed by atoms with E-state index in [1.165, 1.54) is 0 Å². The third-order valence-corrected chi connectivity index (χ3v) is 4.37. The molecule has 1 saturated heterocycles. The number of carbonyl (C=O) groups is 2. The maximum atomic E-state index is 12.4. The molecule has 0 unspecified atom stereocenters. The molecule has 1 aliphatic rings. The molecule has 3 N–H and O–H groups in total. The van der Waals surface area contributed by atoms with Crippen LogP contribution in [0.15, 0.2) is 47.1 Å². The fraction of sp³-hybridized carbons (Fsp3) is 0.368. The number of nitrogens with one attached hydrogen (secondary N) is 2. The summed E-state index contributed by atoms with van der Waals surface area (Å²) in [7, 11) is 0. The van der Waals surface area contributed by atoms with Crippen LogP contribution in [0.5, 0.6) is 0 Å². The second kappa shape index (κ2) is 8.64. The van der Waals surface area contributed by atoms with E-state index in [0.29, 0.717) is 42.9 Å². The summed E-state index contributed by atoms with van der Waals surface area (Å²) in [6.45, 7) is 1.92. The third kappa shape index (κ3) is 4.93. The summed E-state index contributed by atoms with van der Waals surface area (Å²) in [5.41, 5.74) is 0.882. The molecule has 7 heteroatoms. The van der Waals surface area contributed by atoms with Crippen molar-refractivity contribution in [2.24, 2.45) is 0 Å². The van der Waals surface area contributed by atoms with Crippen molar-refractivity contribution in [2.45, 2.75) is 25.5 Å². The average Bonchev–Trinajstić information content (AvgIpc) is 3.16. The molecular formula is C19H23N3O4. The van der Waals surface area contributed by atoms with Crippen molar-refractivity contribution in [2.75, 3.05) is 25.0 Å². The lowest BCUT2D eigenvalue weighted by molar-refractivity contribution is -0.117. The standard InChI is InChI=1S/C19H23N3O4/c23-14-7-9-22(10-8-14)13-18(24)21-17-6-2-1-5-16(17)19(25)20-12-15-4-3-11-26-15/h1-6,11,14,23H,7-10,12-13H2,(H,20,25)(H,21,24). The first-order valence-electron chi connectivity index (χ1n) is 8.71. The van der Waals surface area contributed by atoms with Gasteiger partial charge >= 0.3 is 0 Å². The summed E-state index contributed by atoms with van der Waals surface area (Å²) in [6.07, 6.45) is 2.64. The molecule has 2 aromatic rings. The van der Waals surface area contributed by atoms with Crippen LogP contribution in [-0.4, -0.2) is 47.6 Å². The molecule has 1 fully saturated rings. The van der Waals surface area contributed by atoms with Gasteiger partial charge < -0.3 is 20.2 Å². The van der Waals surface area contributed by atoms with Gasteiger partial charge in [-0.2, -0.15) is 0 Å². The second-order valence-electron chi connectivity index (χ2n) is 6.36. The summed E-state index contributed by atoms with van der Waals surface area (Å²) >= 11 is 0. The predicted molar refractivity (Wildman–Crippen MR) is 96.6 cm³/mol. The molecule has 0 bridgehead atoms. The fourth-order valence-electron chi connectivity index (χ4n) is 2.94. The van der Waals surface area contributed by atoms with Gasteiger partial charge in [0.25, 0.3) is 5.91 Å². The van der Waals surface area contributed by atoms with Crippen LogP contribution in [0.3, 0.4) is 0 Å². The molecule has 138 valence electrons. The molecule has 1 aromatic carbocycles. The van der Waals surface area contributed by atoms with Crippen LogP contribution in [0.2, 0.25) is 0 Å². The zero-order valence-corrected chi connectivity index (χ0v) is 14.5. The van der Waals surface area contributed by atoms with Crippen LogP contribution >= 0.6 is 0 Å². The lowest BCUT2D eigenvalue weighted by Gasteiger charge is -2.28. The highest BCUT2D eigenvalue weighted by Crippen LogP contribution is 2.16. The maximum absolute atomic E-state index is 12.4. The smallest absolute Gasteiger partial charge is 0.253 e. The van der Waals surface area contributed by atoms with Gasteiger partial charge in [0.05, 0.1) is 36.7 Å². The first-order valence-corrected chi connectivity index (χ1v) is 8.71. The van der Waals surface area contributed by atoms with Crippen molar-refractivity contribution < 1.29 is 19.1 Å². The molecule has 1 aromatic heterocycles. The Kier molecular flexibility index (Phi) is 6.04. The summed E-state index contributed by atoms with van der Waals surface area (Å²) in [5, 5.41) is 15.1. The monoisotopic (exact) mass is 357 g/mol. The zero-order valence-electron chi connectivity index (χ0n) is 14.5. The number of benzene rings is 1. The van der Waals surface area contributed by atoms with Gasteiger partial charge in [-0.05, 0) is 37.1 Å². The average molecular weight is 357 g/mol. The van der Waals surface area contributed by atoms with Crippen LogP contribution in [0, 0.1) is 0 Å². The number of likely N-dealkylation sites (tertiary alicyclic amines) is 1. The Morgan fingerprint density at radius 2 is 1.92 bits per heavy atom. The maximum Gasteiger partial charge on any atom is 0.253 e. The highest BCUT2D eigenvalue weighted by atomic mass is 16.3. The second-order valence-corrected chi connectivity index (χ2v) is 6.36. The molecule has 1 aliphatic heterocycles. The summed E-state index contributed by atoms with van der Waals surface area (Å²) in [6, 6.07) is 10.4. The molecule has 0 radical (unpaired) electrons. The Labute approximate surface area is 152 Å². The summed E-state index contributed by atoms with van der Waals surface area (Å²) in [4.78, 5) is 26.7. The Morgan fingerprint density at radius 1 is 1.15 bits per heavy atom. The number of rotatable bonds is 6. The molecule has 7 nitrogen and oxygen atoms in total. The van der Waals surface area contributed by atoms with Crippen LogP contribution in [-0.2, 0) is 11.3 Å². The molecule has 0 aliphatic carbocycles. The quantitative estimate of drug-likeness (QED) is 0.730. The summed E-state index contributed by atoms with van der Waals surface area (Å²) in [5.74, 6) is 0.207. The molecule has 26 heavy (non-hydrogen) atoms. The van der Waals surface area contributed by atoms with Crippen molar-refractivity contribution in [3.63, 3.8) is 0 Å². The number of aliphatic hydroxyl groups excluding tert-OH is 1. The van der Waals surface area contributed by atoms with Crippen molar-refractivity contribution in [1.29, 1.82) is 0 Å². The molecule has 2 heterocycles. The Hall–Kier alpha value is -2.64. The largest absolute Gasteiger partial charge is 0.467 e. The number of aliphatic hydroxyl groups is 1. The minimum absolute atomic E-state index is 0.173. The molecule has 3 rings (SSSR count). The first kappa shape index (κ1) is 18.2. The number of para-hydroxylation sites is 1. The minimum atomic E-state index is -0.279. The number of hydrogen-bond acceptors (Lipinski definition) is 5. The minimum Gasteiger partial charge on any atom is -0.467 e. The van der Waals surface area contributed by atoms with Crippen LogP contribution < -0.4 is 10.6 Å². The van der Waals surface area contributed by atoms with E-state index < -0.39 is 0 Å². The Balaban J connectivity index is 1.57. The topological polar surface area (TPSA) is 94.8 Å². The van der Waals surface area contributed by atoms with Crippen LogP contribution in [0.25, 0.3) is 0 Å². The Morgan fingerprint density at radius 3 is 2.65 bits per heavy atom.